The molecule has 0 saturated heterocycles. The Kier molecular flexibility index (Phi) is 8.99. The summed E-state index contributed by atoms with van der Waals surface area (Å²) >= 11 is 0. The van der Waals surface area contributed by atoms with Crippen molar-refractivity contribution in [3.63, 3.8) is 0 Å². The van der Waals surface area contributed by atoms with Gasteiger partial charge < -0.3 is 10.1 Å². The summed E-state index contributed by atoms with van der Waals surface area (Å²) < 4.78 is 5.09. The average molecular weight is 167 g/mol. The van der Waals surface area contributed by atoms with Crippen molar-refractivity contribution in [1.82, 2.24) is 5.32 Å². The van der Waals surface area contributed by atoms with E-state index in [1.165, 1.54) is 0 Å². The molecule has 0 aliphatic heterocycles. The summed E-state index contributed by atoms with van der Waals surface area (Å²) in [6.45, 7) is 2.55. The lowest BCUT2D eigenvalue weighted by Crippen LogP contribution is -2.20. The molecule has 0 radical (unpaired) electrons. The average Bonchev–Trinajstić information content (AvgIpc) is 2.10. The van der Waals surface area contributed by atoms with Gasteiger partial charge in [0.1, 0.15) is 0 Å². The highest BCUT2D eigenvalue weighted by atomic mass is 16.5. The molecule has 0 amide bonds. The quantitative estimate of drug-likeness (QED) is 0.558. The third-order valence-corrected chi connectivity index (χ3v) is 1.19. The zero-order valence-corrected chi connectivity index (χ0v) is 7.05. The van der Waals surface area contributed by atoms with Crippen LogP contribution in [0.25, 0.3) is 0 Å². The molecule has 0 fully saturated rings. The van der Waals surface area contributed by atoms with E-state index in [1.807, 2.05) is 12.1 Å². The van der Waals surface area contributed by atoms with Crippen LogP contribution < -0.4 is 5.32 Å². The molecular weight excluding hydrogens is 154 g/mol. The fourth-order valence-electron chi connectivity index (χ4n) is 0.634. The van der Waals surface area contributed by atoms with E-state index < -0.39 is 0 Å². The minimum Gasteiger partial charge on any atom is -0.379 e. The molecule has 0 bridgehead atoms. The molecule has 0 spiro atoms. The van der Waals surface area contributed by atoms with Crippen molar-refractivity contribution in [1.29, 1.82) is 10.5 Å². The van der Waals surface area contributed by atoms with Crippen molar-refractivity contribution < 1.29 is 4.74 Å². The molecule has 0 aromatic carbocycles. The zero-order chi connectivity index (χ0) is 9.07. The number of nitrogens with one attached hydrogen (secondary N) is 1. The molecule has 0 heterocycles. The van der Waals surface area contributed by atoms with E-state index in [9.17, 15) is 0 Å². The number of hydrogen-bond acceptors (Lipinski definition) is 4. The Morgan fingerprint density at radius 1 is 1.00 bits per heavy atom. The van der Waals surface area contributed by atoms with E-state index in [1.54, 1.807) is 0 Å². The Hall–Kier alpha value is -1.10. The Morgan fingerprint density at radius 2 is 1.75 bits per heavy atom. The van der Waals surface area contributed by atoms with Crippen LogP contribution in [0.2, 0.25) is 0 Å². The van der Waals surface area contributed by atoms with Crippen molar-refractivity contribution in [3.8, 4) is 12.1 Å². The molecule has 0 rings (SSSR count). The molecule has 12 heavy (non-hydrogen) atoms. The highest BCUT2D eigenvalue weighted by molar-refractivity contribution is 4.70. The maximum absolute atomic E-state index is 8.18. The third-order valence-electron chi connectivity index (χ3n) is 1.19. The largest absolute Gasteiger partial charge is 0.379 e. The molecule has 0 aromatic heterocycles. The minimum atomic E-state index is 0.443. The van der Waals surface area contributed by atoms with Crippen LogP contribution in [-0.2, 0) is 4.74 Å². The van der Waals surface area contributed by atoms with Gasteiger partial charge in [-0.1, -0.05) is 0 Å². The van der Waals surface area contributed by atoms with E-state index in [4.69, 9.17) is 15.3 Å². The number of nitriles is 2. The Balaban J connectivity index is 2.84. The van der Waals surface area contributed by atoms with Crippen LogP contribution in [0.5, 0.6) is 0 Å². The first-order valence-electron chi connectivity index (χ1n) is 3.94. The van der Waals surface area contributed by atoms with E-state index in [0.717, 1.165) is 6.54 Å². The number of nitrogens with zero attached hydrogens (tertiary/aromatic N) is 2. The van der Waals surface area contributed by atoms with E-state index in [2.05, 4.69) is 5.32 Å². The normalized spacial score (nSPS) is 8.83. The number of ether oxygens (including phenoxy) is 1. The fraction of sp³-hybridized carbons (Fsp3) is 0.750. The van der Waals surface area contributed by atoms with Gasteiger partial charge in [-0.05, 0) is 0 Å². The van der Waals surface area contributed by atoms with Gasteiger partial charge in [0.2, 0.25) is 0 Å². The lowest BCUT2D eigenvalue weighted by atomic mass is 10.4. The second-order valence-electron chi connectivity index (χ2n) is 2.18. The number of hydrogen-bond donors (Lipinski definition) is 1. The zero-order valence-electron chi connectivity index (χ0n) is 7.05. The SMILES string of the molecule is N#CCCNCCOCCC#N. The van der Waals surface area contributed by atoms with Crippen molar-refractivity contribution in [2.45, 2.75) is 12.8 Å². The van der Waals surface area contributed by atoms with Gasteiger partial charge in [0, 0.05) is 19.5 Å². The Bertz CT molecular complexity index is 148. The molecular formula is C8H13N3O. The van der Waals surface area contributed by atoms with E-state index in [0.29, 0.717) is 32.6 Å². The van der Waals surface area contributed by atoms with Gasteiger partial charge in [0.05, 0.1) is 31.8 Å². The van der Waals surface area contributed by atoms with Crippen LogP contribution in [-0.4, -0.2) is 26.3 Å². The van der Waals surface area contributed by atoms with Crippen LogP contribution in [0.15, 0.2) is 0 Å². The summed E-state index contributed by atoms with van der Waals surface area (Å²) in [6, 6.07) is 4.02. The van der Waals surface area contributed by atoms with Crippen LogP contribution in [0, 0.1) is 22.7 Å². The van der Waals surface area contributed by atoms with Crippen molar-refractivity contribution >= 4 is 0 Å². The predicted octanol–water partition coefficient (Wildman–Crippen LogP) is 0.420. The van der Waals surface area contributed by atoms with Gasteiger partial charge in [0.15, 0.2) is 0 Å². The fourth-order valence-corrected chi connectivity index (χ4v) is 0.634. The van der Waals surface area contributed by atoms with Gasteiger partial charge in [-0.25, -0.2) is 0 Å². The summed E-state index contributed by atoms with van der Waals surface area (Å²) in [4.78, 5) is 0. The summed E-state index contributed by atoms with van der Waals surface area (Å²) in [7, 11) is 0. The molecule has 0 saturated carbocycles. The van der Waals surface area contributed by atoms with Crippen molar-refractivity contribution in [2.24, 2.45) is 0 Å². The van der Waals surface area contributed by atoms with Gasteiger partial charge in [-0.2, -0.15) is 10.5 Å². The molecule has 0 aliphatic carbocycles. The second-order valence-corrected chi connectivity index (χ2v) is 2.18. The van der Waals surface area contributed by atoms with Crippen molar-refractivity contribution in [3.05, 3.63) is 0 Å². The highest BCUT2D eigenvalue weighted by Crippen LogP contribution is 1.78. The predicted molar refractivity (Wildman–Crippen MR) is 44.1 cm³/mol. The van der Waals surface area contributed by atoms with Crippen LogP contribution in [0.4, 0.5) is 0 Å². The van der Waals surface area contributed by atoms with Gasteiger partial charge in [-0.15, -0.1) is 0 Å². The summed E-state index contributed by atoms with van der Waals surface area (Å²) in [6.07, 6.45) is 0.969. The highest BCUT2D eigenvalue weighted by Gasteiger charge is 1.87. The standard InChI is InChI=1S/C8H13N3O/c9-3-1-5-11-6-8-12-7-2-4-10/h11H,1-2,5-8H2. The van der Waals surface area contributed by atoms with Gasteiger partial charge in [0.25, 0.3) is 0 Å². The van der Waals surface area contributed by atoms with Crippen LogP contribution in [0.3, 0.4) is 0 Å². The summed E-state index contributed by atoms with van der Waals surface area (Å²) in [5.74, 6) is 0. The minimum absolute atomic E-state index is 0.443. The topological polar surface area (TPSA) is 68.8 Å². The first kappa shape index (κ1) is 10.9. The molecule has 4 heteroatoms. The van der Waals surface area contributed by atoms with E-state index in [-0.39, 0.29) is 0 Å². The Labute approximate surface area is 72.7 Å². The summed E-state index contributed by atoms with van der Waals surface area (Å²) in [5, 5.41) is 19.4. The van der Waals surface area contributed by atoms with Gasteiger partial charge >= 0.3 is 0 Å². The molecule has 4 nitrogen and oxygen atoms in total. The van der Waals surface area contributed by atoms with Crippen LogP contribution >= 0.6 is 0 Å². The smallest absolute Gasteiger partial charge is 0.0645 e. The summed E-state index contributed by atoms with van der Waals surface area (Å²) in [5.41, 5.74) is 0. The monoisotopic (exact) mass is 167 g/mol. The van der Waals surface area contributed by atoms with Gasteiger partial charge in [-0.3, -0.25) is 0 Å². The maximum atomic E-state index is 8.18. The number of rotatable bonds is 7. The Morgan fingerprint density at radius 3 is 2.42 bits per heavy atom. The lowest BCUT2D eigenvalue weighted by molar-refractivity contribution is 0.141. The molecule has 0 aromatic rings. The van der Waals surface area contributed by atoms with Crippen molar-refractivity contribution in [2.75, 3.05) is 26.3 Å². The van der Waals surface area contributed by atoms with Crippen LogP contribution in [0.1, 0.15) is 12.8 Å². The second kappa shape index (κ2) is 9.90. The molecule has 0 unspecified atom stereocenters. The molecule has 1 N–H and O–H groups in total. The first-order valence-corrected chi connectivity index (χ1v) is 3.94. The third kappa shape index (κ3) is 8.90. The molecule has 66 valence electrons. The van der Waals surface area contributed by atoms with E-state index >= 15 is 0 Å². The molecule has 0 atom stereocenters. The first-order chi connectivity index (χ1) is 5.91. The lowest BCUT2D eigenvalue weighted by Gasteiger charge is -2.01. The molecule has 0 aliphatic rings. The maximum Gasteiger partial charge on any atom is 0.0645 e.